The van der Waals surface area contributed by atoms with E-state index in [0.717, 1.165) is 25.7 Å². The summed E-state index contributed by atoms with van der Waals surface area (Å²) in [5, 5.41) is 3.59. The topological polar surface area (TPSA) is 15.3 Å². The standard InChI is InChI=1S/C13H24N2/c1-4-9-15(10-5-2)13(6-3)11-14-12-7-8-12/h1,12-14H,5-11H2,2-3H3. The molecule has 1 N–H and O–H groups in total. The van der Waals surface area contributed by atoms with Gasteiger partial charge in [-0.2, -0.15) is 0 Å². The molecule has 1 saturated carbocycles. The lowest BCUT2D eigenvalue weighted by molar-refractivity contribution is 0.209. The largest absolute Gasteiger partial charge is 0.312 e. The Morgan fingerprint density at radius 3 is 2.67 bits per heavy atom. The van der Waals surface area contributed by atoms with Gasteiger partial charge in [0, 0.05) is 18.6 Å². The lowest BCUT2D eigenvalue weighted by Crippen LogP contribution is -2.43. The highest BCUT2D eigenvalue weighted by atomic mass is 15.2. The van der Waals surface area contributed by atoms with Crippen molar-refractivity contribution in [2.45, 2.75) is 51.6 Å². The molecule has 1 rings (SSSR count). The summed E-state index contributed by atoms with van der Waals surface area (Å²) < 4.78 is 0. The zero-order chi connectivity index (χ0) is 11.1. The Morgan fingerprint density at radius 1 is 1.47 bits per heavy atom. The number of terminal acetylenes is 1. The first-order valence-electron chi connectivity index (χ1n) is 6.22. The smallest absolute Gasteiger partial charge is 0.0601 e. The second kappa shape index (κ2) is 6.87. The Hall–Kier alpha value is -0.520. The molecule has 0 spiro atoms. The van der Waals surface area contributed by atoms with Gasteiger partial charge in [-0.15, -0.1) is 6.42 Å². The van der Waals surface area contributed by atoms with Crippen LogP contribution in [0.1, 0.15) is 39.5 Å². The molecule has 15 heavy (non-hydrogen) atoms. The highest BCUT2D eigenvalue weighted by Gasteiger charge is 2.23. The van der Waals surface area contributed by atoms with Crippen molar-refractivity contribution < 1.29 is 0 Å². The average Bonchev–Trinajstić information content (AvgIpc) is 3.03. The van der Waals surface area contributed by atoms with Crippen LogP contribution >= 0.6 is 0 Å². The summed E-state index contributed by atoms with van der Waals surface area (Å²) in [7, 11) is 0. The molecule has 1 unspecified atom stereocenters. The molecular weight excluding hydrogens is 184 g/mol. The van der Waals surface area contributed by atoms with Gasteiger partial charge in [0.2, 0.25) is 0 Å². The van der Waals surface area contributed by atoms with Crippen molar-refractivity contribution in [2.24, 2.45) is 0 Å². The van der Waals surface area contributed by atoms with Crippen LogP contribution in [0.5, 0.6) is 0 Å². The fourth-order valence-corrected chi connectivity index (χ4v) is 1.92. The molecule has 0 aromatic heterocycles. The van der Waals surface area contributed by atoms with E-state index >= 15 is 0 Å². The van der Waals surface area contributed by atoms with Crippen molar-refractivity contribution in [2.75, 3.05) is 19.6 Å². The zero-order valence-electron chi connectivity index (χ0n) is 10.1. The number of rotatable bonds is 8. The molecule has 1 aliphatic rings. The predicted molar refractivity (Wildman–Crippen MR) is 65.8 cm³/mol. The van der Waals surface area contributed by atoms with Crippen LogP contribution < -0.4 is 5.32 Å². The molecule has 0 amide bonds. The third-order valence-corrected chi connectivity index (χ3v) is 3.01. The van der Waals surface area contributed by atoms with Gasteiger partial charge in [-0.05, 0) is 32.2 Å². The van der Waals surface area contributed by atoms with Gasteiger partial charge in [0.15, 0.2) is 0 Å². The van der Waals surface area contributed by atoms with Crippen molar-refractivity contribution in [3.8, 4) is 12.3 Å². The number of hydrogen-bond donors (Lipinski definition) is 1. The van der Waals surface area contributed by atoms with Crippen LogP contribution in [0, 0.1) is 12.3 Å². The summed E-state index contributed by atoms with van der Waals surface area (Å²) in [4.78, 5) is 2.43. The highest BCUT2D eigenvalue weighted by molar-refractivity contribution is 4.91. The average molecular weight is 208 g/mol. The summed E-state index contributed by atoms with van der Waals surface area (Å²) >= 11 is 0. The molecule has 0 saturated heterocycles. The van der Waals surface area contributed by atoms with Gasteiger partial charge >= 0.3 is 0 Å². The molecule has 2 heteroatoms. The lowest BCUT2D eigenvalue weighted by atomic mass is 10.1. The SMILES string of the molecule is C#CCN(CCC)C(CC)CNC1CC1. The van der Waals surface area contributed by atoms with Gasteiger partial charge in [0.05, 0.1) is 6.54 Å². The molecule has 0 bridgehead atoms. The first-order valence-corrected chi connectivity index (χ1v) is 6.22. The minimum atomic E-state index is 0.613. The molecule has 86 valence electrons. The highest BCUT2D eigenvalue weighted by Crippen LogP contribution is 2.19. The fourth-order valence-electron chi connectivity index (χ4n) is 1.92. The quantitative estimate of drug-likeness (QED) is 0.613. The molecule has 0 radical (unpaired) electrons. The second-order valence-electron chi connectivity index (χ2n) is 4.42. The first kappa shape index (κ1) is 12.5. The zero-order valence-corrected chi connectivity index (χ0v) is 10.1. The molecule has 0 aromatic carbocycles. The van der Waals surface area contributed by atoms with E-state index in [0.29, 0.717) is 6.04 Å². The van der Waals surface area contributed by atoms with E-state index in [4.69, 9.17) is 6.42 Å². The molecule has 1 atom stereocenters. The van der Waals surface area contributed by atoms with E-state index in [1.165, 1.54) is 25.7 Å². The van der Waals surface area contributed by atoms with Crippen LogP contribution in [0.4, 0.5) is 0 Å². The number of nitrogens with one attached hydrogen (secondary N) is 1. The normalized spacial score (nSPS) is 17.7. The summed E-state index contributed by atoms with van der Waals surface area (Å²) in [5.74, 6) is 2.77. The minimum absolute atomic E-state index is 0.613. The van der Waals surface area contributed by atoms with Crippen molar-refractivity contribution in [3.05, 3.63) is 0 Å². The second-order valence-corrected chi connectivity index (χ2v) is 4.42. The maximum absolute atomic E-state index is 5.41. The van der Waals surface area contributed by atoms with Gasteiger partial charge in [-0.1, -0.05) is 19.8 Å². The maximum atomic E-state index is 5.41. The Bertz CT molecular complexity index is 203. The predicted octanol–water partition coefficient (Wildman–Crippen LogP) is 1.86. The molecule has 2 nitrogen and oxygen atoms in total. The molecule has 0 heterocycles. The van der Waals surface area contributed by atoms with E-state index in [2.05, 4.69) is 30.0 Å². The van der Waals surface area contributed by atoms with Crippen LogP contribution in [-0.2, 0) is 0 Å². The molecule has 1 fully saturated rings. The summed E-state index contributed by atoms with van der Waals surface area (Å²) in [6.45, 7) is 7.47. The van der Waals surface area contributed by atoms with E-state index in [9.17, 15) is 0 Å². The third kappa shape index (κ3) is 4.68. The van der Waals surface area contributed by atoms with Crippen LogP contribution in [0.3, 0.4) is 0 Å². The lowest BCUT2D eigenvalue weighted by Gasteiger charge is -2.29. The maximum Gasteiger partial charge on any atom is 0.0601 e. The Balaban J connectivity index is 2.32. The fraction of sp³-hybridized carbons (Fsp3) is 0.846. The van der Waals surface area contributed by atoms with Crippen molar-refractivity contribution in [1.29, 1.82) is 0 Å². The van der Waals surface area contributed by atoms with Crippen LogP contribution in [0.2, 0.25) is 0 Å². The van der Waals surface area contributed by atoms with Crippen molar-refractivity contribution in [3.63, 3.8) is 0 Å². The van der Waals surface area contributed by atoms with Gasteiger partial charge in [0.25, 0.3) is 0 Å². The Kier molecular flexibility index (Phi) is 5.75. The van der Waals surface area contributed by atoms with E-state index < -0.39 is 0 Å². The molecule has 0 aromatic rings. The number of nitrogens with zero attached hydrogens (tertiary/aromatic N) is 1. The van der Waals surface area contributed by atoms with Crippen LogP contribution in [0.15, 0.2) is 0 Å². The molecule has 1 aliphatic carbocycles. The minimum Gasteiger partial charge on any atom is -0.312 e. The van der Waals surface area contributed by atoms with E-state index in [-0.39, 0.29) is 0 Å². The summed E-state index contributed by atoms with van der Waals surface area (Å²) in [6, 6.07) is 1.41. The van der Waals surface area contributed by atoms with Crippen LogP contribution in [-0.4, -0.2) is 36.6 Å². The summed E-state index contributed by atoms with van der Waals surface area (Å²) in [5.41, 5.74) is 0. The van der Waals surface area contributed by atoms with Gasteiger partial charge in [0.1, 0.15) is 0 Å². The Labute approximate surface area is 94.4 Å². The van der Waals surface area contributed by atoms with Crippen molar-refractivity contribution >= 4 is 0 Å². The monoisotopic (exact) mass is 208 g/mol. The molecular formula is C13H24N2. The first-order chi connectivity index (χ1) is 7.31. The van der Waals surface area contributed by atoms with Crippen molar-refractivity contribution in [1.82, 2.24) is 10.2 Å². The number of hydrogen-bond acceptors (Lipinski definition) is 2. The van der Waals surface area contributed by atoms with Gasteiger partial charge in [-0.3, -0.25) is 4.90 Å². The van der Waals surface area contributed by atoms with E-state index in [1.54, 1.807) is 0 Å². The van der Waals surface area contributed by atoms with E-state index in [1.807, 2.05) is 0 Å². The Morgan fingerprint density at radius 2 is 2.20 bits per heavy atom. The third-order valence-electron chi connectivity index (χ3n) is 3.01. The van der Waals surface area contributed by atoms with Crippen LogP contribution in [0.25, 0.3) is 0 Å². The summed E-state index contributed by atoms with van der Waals surface area (Å²) in [6.07, 6.45) is 10.5. The van der Waals surface area contributed by atoms with Gasteiger partial charge < -0.3 is 5.32 Å². The van der Waals surface area contributed by atoms with Gasteiger partial charge in [-0.25, -0.2) is 0 Å². The molecule has 0 aliphatic heterocycles.